The number of nitrogens with one attached hydrogen (secondary N) is 1. The van der Waals surface area contributed by atoms with Crippen molar-refractivity contribution in [3.05, 3.63) is 106 Å². The highest BCUT2D eigenvalue weighted by molar-refractivity contribution is 7.87. The summed E-state index contributed by atoms with van der Waals surface area (Å²) in [6.07, 6.45) is 0. The van der Waals surface area contributed by atoms with Crippen molar-refractivity contribution in [1.82, 2.24) is 0 Å². The van der Waals surface area contributed by atoms with Gasteiger partial charge < -0.3 is 9.50 Å². The quantitative estimate of drug-likeness (QED) is 0.217. The molecule has 0 fully saturated rings. The first-order valence-electron chi connectivity index (χ1n) is 9.57. The van der Waals surface area contributed by atoms with E-state index in [0.29, 0.717) is 11.3 Å². The largest absolute Gasteiger partial charge is 0.379 e. The van der Waals surface area contributed by atoms with Gasteiger partial charge in [0.1, 0.15) is 10.6 Å². The lowest BCUT2D eigenvalue weighted by molar-refractivity contribution is -0.385. The second kappa shape index (κ2) is 9.23. The van der Waals surface area contributed by atoms with Crippen LogP contribution in [0.2, 0.25) is 0 Å². The molecule has 166 valence electrons. The molecule has 0 unspecified atom stereocenters. The highest BCUT2D eigenvalue weighted by atomic mass is 32.2. The molecule has 0 spiro atoms. The SMILES string of the molecule is O=C(Nc1ccccc1-c1cccs1)c1ccc(OS(=O)(=O)c2cccc([N+](=O)[O-])c2)cc1. The summed E-state index contributed by atoms with van der Waals surface area (Å²) in [5.41, 5.74) is 1.48. The monoisotopic (exact) mass is 480 g/mol. The van der Waals surface area contributed by atoms with E-state index in [4.69, 9.17) is 4.18 Å². The molecule has 0 saturated heterocycles. The van der Waals surface area contributed by atoms with E-state index in [1.807, 2.05) is 35.7 Å². The maximum absolute atomic E-state index is 12.7. The molecule has 1 heterocycles. The van der Waals surface area contributed by atoms with Gasteiger partial charge in [-0.1, -0.05) is 30.3 Å². The molecule has 0 aliphatic carbocycles. The molecule has 0 radical (unpaired) electrons. The van der Waals surface area contributed by atoms with Crippen LogP contribution in [0.15, 0.2) is 95.2 Å². The molecule has 4 aromatic rings. The number of carbonyl (C=O) groups is 1. The third kappa shape index (κ3) is 5.08. The van der Waals surface area contributed by atoms with Crippen molar-refractivity contribution < 1.29 is 22.3 Å². The number of thiophene rings is 1. The molecule has 0 aliphatic rings. The normalized spacial score (nSPS) is 11.0. The number of rotatable bonds is 7. The topological polar surface area (TPSA) is 116 Å². The predicted octanol–water partition coefficient (Wildman–Crippen LogP) is 5.34. The number of nitrogens with zero attached hydrogens (tertiary/aromatic N) is 1. The van der Waals surface area contributed by atoms with E-state index in [2.05, 4.69) is 5.32 Å². The highest BCUT2D eigenvalue weighted by Crippen LogP contribution is 2.31. The van der Waals surface area contributed by atoms with Crippen molar-refractivity contribution in [3.63, 3.8) is 0 Å². The van der Waals surface area contributed by atoms with Crippen molar-refractivity contribution >= 4 is 38.7 Å². The maximum Gasteiger partial charge on any atom is 0.339 e. The summed E-state index contributed by atoms with van der Waals surface area (Å²) >= 11 is 1.56. The molecule has 33 heavy (non-hydrogen) atoms. The number of hydrogen-bond donors (Lipinski definition) is 1. The summed E-state index contributed by atoms with van der Waals surface area (Å²) < 4.78 is 30.0. The van der Waals surface area contributed by atoms with Gasteiger partial charge in [-0.2, -0.15) is 8.42 Å². The average molecular weight is 481 g/mol. The summed E-state index contributed by atoms with van der Waals surface area (Å²) in [5, 5.41) is 15.7. The van der Waals surface area contributed by atoms with Crippen LogP contribution < -0.4 is 9.50 Å². The Morgan fingerprint density at radius 2 is 1.70 bits per heavy atom. The fraction of sp³-hybridized carbons (Fsp3) is 0. The number of non-ortho nitro benzene ring substituents is 1. The molecule has 0 bridgehead atoms. The molecule has 1 N–H and O–H groups in total. The first kappa shape index (κ1) is 22.2. The number of hydrogen-bond acceptors (Lipinski definition) is 7. The molecule has 10 heteroatoms. The van der Waals surface area contributed by atoms with Crippen LogP contribution in [0.4, 0.5) is 11.4 Å². The van der Waals surface area contributed by atoms with Crippen LogP contribution in [-0.2, 0) is 10.1 Å². The Bertz CT molecular complexity index is 1420. The summed E-state index contributed by atoms with van der Waals surface area (Å²) in [5.74, 6) is -0.399. The first-order chi connectivity index (χ1) is 15.8. The zero-order valence-electron chi connectivity index (χ0n) is 16.9. The summed E-state index contributed by atoms with van der Waals surface area (Å²) in [6.45, 7) is 0. The van der Waals surface area contributed by atoms with E-state index >= 15 is 0 Å². The van der Waals surface area contributed by atoms with Gasteiger partial charge in [-0.05, 0) is 47.8 Å². The molecular formula is C23H16N2O6S2. The number of nitro groups is 1. The predicted molar refractivity (Wildman–Crippen MR) is 125 cm³/mol. The van der Waals surface area contributed by atoms with Crippen LogP contribution in [0.1, 0.15) is 10.4 Å². The van der Waals surface area contributed by atoms with Gasteiger partial charge in [0.05, 0.1) is 4.92 Å². The Balaban J connectivity index is 1.49. The van der Waals surface area contributed by atoms with Gasteiger partial charge in [-0.15, -0.1) is 11.3 Å². The minimum absolute atomic E-state index is 0.0305. The van der Waals surface area contributed by atoms with Gasteiger partial charge in [0, 0.05) is 33.8 Å². The van der Waals surface area contributed by atoms with Crippen LogP contribution in [0.25, 0.3) is 10.4 Å². The third-order valence-electron chi connectivity index (χ3n) is 4.60. The molecule has 0 saturated carbocycles. The van der Waals surface area contributed by atoms with Crippen molar-refractivity contribution in [2.24, 2.45) is 0 Å². The number of amides is 1. The van der Waals surface area contributed by atoms with E-state index < -0.39 is 15.0 Å². The molecule has 1 amide bonds. The molecular weight excluding hydrogens is 464 g/mol. The van der Waals surface area contributed by atoms with Gasteiger partial charge >= 0.3 is 10.1 Å². The molecule has 0 aliphatic heterocycles. The van der Waals surface area contributed by atoms with E-state index in [9.17, 15) is 23.3 Å². The fourth-order valence-corrected chi connectivity index (χ4v) is 4.76. The zero-order valence-corrected chi connectivity index (χ0v) is 18.5. The summed E-state index contributed by atoms with van der Waals surface area (Å²) in [6, 6.07) is 21.4. The van der Waals surface area contributed by atoms with Gasteiger partial charge in [0.15, 0.2) is 0 Å². The van der Waals surface area contributed by atoms with Gasteiger partial charge in [-0.25, -0.2) is 0 Å². The molecule has 1 aromatic heterocycles. The van der Waals surface area contributed by atoms with Crippen LogP contribution in [0.3, 0.4) is 0 Å². The van der Waals surface area contributed by atoms with Crippen molar-refractivity contribution in [3.8, 4) is 16.2 Å². The van der Waals surface area contributed by atoms with E-state index in [1.54, 1.807) is 17.4 Å². The van der Waals surface area contributed by atoms with Crippen molar-refractivity contribution in [2.75, 3.05) is 5.32 Å². The minimum Gasteiger partial charge on any atom is -0.379 e. The lowest BCUT2D eigenvalue weighted by Crippen LogP contribution is -2.13. The minimum atomic E-state index is -4.29. The zero-order chi connectivity index (χ0) is 23.4. The second-order valence-electron chi connectivity index (χ2n) is 6.79. The van der Waals surface area contributed by atoms with E-state index in [1.165, 1.54) is 42.5 Å². The fourth-order valence-electron chi connectivity index (χ4n) is 3.02. The smallest absolute Gasteiger partial charge is 0.339 e. The van der Waals surface area contributed by atoms with Crippen LogP contribution in [0.5, 0.6) is 5.75 Å². The van der Waals surface area contributed by atoms with E-state index in [0.717, 1.165) is 16.5 Å². The Labute approximate surface area is 193 Å². The molecule has 3 aromatic carbocycles. The van der Waals surface area contributed by atoms with E-state index in [-0.39, 0.29) is 22.2 Å². The van der Waals surface area contributed by atoms with Gasteiger partial charge in [-0.3, -0.25) is 14.9 Å². The van der Waals surface area contributed by atoms with Crippen molar-refractivity contribution in [2.45, 2.75) is 4.90 Å². The van der Waals surface area contributed by atoms with Gasteiger partial charge in [0.2, 0.25) is 0 Å². The number of para-hydroxylation sites is 1. The number of benzene rings is 3. The van der Waals surface area contributed by atoms with Crippen LogP contribution in [0, 0.1) is 10.1 Å². The average Bonchev–Trinajstić information content (AvgIpc) is 3.34. The Kier molecular flexibility index (Phi) is 6.20. The number of anilines is 1. The molecule has 4 rings (SSSR count). The summed E-state index contributed by atoms with van der Waals surface area (Å²) in [7, 11) is -4.29. The van der Waals surface area contributed by atoms with Crippen LogP contribution >= 0.6 is 11.3 Å². The lowest BCUT2D eigenvalue weighted by atomic mass is 10.1. The Morgan fingerprint density at radius 3 is 2.39 bits per heavy atom. The lowest BCUT2D eigenvalue weighted by Gasteiger charge is -2.11. The summed E-state index contributed by atoms with van der Waals surface area (Å²) in [4.78, 5) is 23.6. The highest BCUT2D eigenvalue weighted by Gasteiger charge is 2.20. The molecule has 8 nitrogen and oxygen atoms in total. The Morgan fingerprint density at radius 1 is 0.939 bits per heavy atom. The first-order valence-corrected chi connectivity index (χ1v) is 11.9. The van der Waals surface area contributed by atoms with Gasteiger partial charge in [0.25, 0.3) is 11.6 Å². The number of carbonyl (C=O) groups excluding carboxylic acids is 1. The molecule has 0 atom stereocenters. The third-order valence-corrected chi connectivity index (χ3v) is 6.75. The number of nitro benzene ring substituents is 1. The maximum atomic E-state index is 12.7. The second-order valence-corrected chi connectivity index (χ2v) is 9.29. The van der Waals surface area contributed by atoms with Crippen molar-refractivity contribution in [1.29, 1.82) is 0 Å². The van der Waals surface area contributed by atoms with Crippen LogP contribution in [-0.4, -0.2) is 19.2 Å². The standard InChI is InChI=1S/C23H16N2O6S2/c26-23(24-21-8-2-1-7-20(21)22-9-4-14-32-22)16-10-12-18(13-11-16)31-33(29,30)19-6-3-5-17(15-19)25(27)28/h1-15H,(H,24,26). The Hall–Kier alpha value is -4.02.